The lowest BCUT2D eigenvalue weighted by atomic mass is 9.70. The molecule has 1 unspecified atom stereocenters. The van der Waals surface area contributed by atoms with Crippen molar-refractivity contribution >= 4 is 56.9 Å². The molecule has 2 bridgehead atoms. The largest absolute Gasteiger partial charge is 0.455 e. The van der Waals surface area contributed by atoms with Gasteiger partial charge in [0.25, 0.3) is 5.91 Å². The summed E-state index contributed by atoms with van der Waals surface area (Å²) in [4.78, 5) is 58.1. The van der Waals surface area contributed by atoms with Gasteiger partial charge in [-0.2, -0.15) is 0 Å². The van der Waals surface area contributed by atoms with Gasteiger partial charge in [0.2, 0.25) is 11.8 Å². The molecule has 3 amide bonds. The molecular weight excluding hydrogens is 690 g/mol. The van der Waals surface area contributed by atoms with Gasteiger partial charge in [0, 0.05) is 17.8 Å². The number of likely N-dealkylation sites (tertiary alicyclic amines) is 1. The number of carbonyl (C=O) groups is 4. The molecule has 250 valence electrons. The van der Waals surface area contributed by atoms with Gasteiger partial charge in [-0.05, 0) is 37.5 Å². The monoisotopic (exact) mass is 727 g/mol. The third-order valence-electron chi connectivity index (χ3n) is 9.18. The minimum atomic E-state index is -1.39. The van der Waals surface area contributed by atoms with Crippen molar-refractivity contribution in [2.45, 2.75) is 60.9 Å². The van der Waals surface area contributed by atoms with Crippen LogP contribution in [0.2, 0.25) is 5.02 Å². The van der Waals surface area contributed by atoms with Gasteiger partial charge in [0.05, 0.1) is 47.8 Å². The van der Waals surface area contributed by atoms with Crippen molar-refractivity contribution in [2.24, 2.45) is 11.8 Å². The number of rotatable bonds is 14. The van der Waals surface area contributed by atoms with E-state index in [0.717, 1.165) is 0 Å². The van der Waals surface area contributed by atoms with Gasteiger partial charge in [0.1, 0.15) is 17.7 Å². The number of nitrogens with one attached hydrogen (secondary N) is 1. The van der Waals surface area contributed by atoms with Crippen LogP contribution in [0.5, 0.6) is 0 Å². The number of hydrogen-bond acceptors (Lipinski definition) is 7. The van der Waals surface area contributed by atoms with Gasteiger partial charge < -0.3 is 29.7 Å². The predicted molar refractivity (Wildman–Crippen MR) is 181 cm³/mol. The minimum Gasteiger partial charge on any atom is -0.455 e. The first-order valence-corrected chi connectivity index (χ1v) is 16.9. The summed E-state index contributed by atoms with van der Waals surface area (Å²) >= 11 is 10.2. The van der Waals surface area contributed by atoms with Crippen LogP contribution in [0, 0.1) is 11.8 Å². The van der Waals surface area contributed by atoms with Crippen LogP contribution in [-0.4, -0.2) is 82.0 Å². The van der Waals surface area contributed by atoms with Gasteiger partial charge in [-0.1, -0.05) is 82.1 Å². The Morgan fingerprint density at radius 1 is 1.19 bits per heavy atom. The molecule has 3 aliphatic rings. The first-order valence-electron chi connectivity index (χ1n) is 15.6. The SMILES string of the molecule is C=CCCC(=O)NC[C@H](OC(=O)[C@@H]1[C@H]2O[C@@]3(CC2Br)[C@H](C(=O)N(CC=C)c2ccccc2Cl)N([C@H](C)CO)C(=O)[C@@H]13)c1ccccc1. The summed E-state index contributed by atoms with van der Waals surface area (Å²) in [5, 5.41) is 13.4. The molecule has 10 nitrogen and oxygen atoms in total. The Labute approximate surface area is 287 Å². The molecule has 12 heteroatoms. The molecule has 2 aromatic carbocycles. The number of carbonyl (C=O) groups excluding carboxylic acids is 4. The summed E-state index contributed by atoms with van der Waals surface area (Å²) in [5.41, 5.74) is -0.287. The highest BCUT2D eigenvalue weighted by Gasteiger charge is 2.77. The number of aliphatic hydroxyl groups is 1. The molecule has 1 spiro atoms. The number of halogens is 2. The molecule has 8 atom stereocenters. The number of anilines is 1. The molecule has 47 heavy (non-hydrogen) atoms. The third-order valence-corrected chi connectivity index (χ3v) is 10.3. The number of aliphatic hydroxyl groups excluding tert-OH is 1. The highest BCUT2D eigenvalue weighted by Crippen LogP contribution is 2.61. The average Bonchev–Trinajstić information content (AvgIpc) is 3.67. The van der Waals surface area contributed by atoms with Crippen molar-refractivity contribution in [3.8, 4) is 0 Å². The molecule has 2 N–H and O–H groups in total. The zero-order valence-electron chi connectivity index (χ0n) is 26.1. The number of fused-ring (bicyclic) bond motifs is 1. The smallest absolute Gasteiger partial charge is 0.313 e. The van der Waals surface area contributed by atoms with Crippen LogP contribution < -0.4 is 10.2 Å². The molecule has 0 radical (unpaired) electrons. The zero-order valence-corrected chi connectivity index (χ0v) is 28.4. The van der Waals surface area contributed by atoms with Gasteiger partial charge in [-0.25, -0.2) is 0 Å². The predicted octanol–water partition coefficient (Wildman–Crippen LogP) is 4.35. The summed E-state index contributed by atoms with van der Waals surface area (Å²) in [6.07, 6.45) is 2.63. The lowest BCUT2D eigenvalue weighted by Gasteiger charge is -2.38. The quantitative estimate of drug-likeness (QED) is 0.168. The van der Waals surface area contributed by atoms with Crippen LogP contribution in [0.3, 0.4) is 0 Å². The van der Waals surface area contributed by atoms with Gasteiger partial charge in [-0.3, -0.25) is 19.2 Å². The van der Waals surface area contributed by atoms with Crippen LogP contribution in [0.15, 0.2) is 79.9 Å². The number of amides is 3. The maximum absolute atomic E-state index is 14.6. The lowest BCUT2D eigenvalue weighted by molar-refractivity contribution is -0.160. The van der Waals surface area contributed by atoms with Gasteiger partial charge >= 0.3 is 5.97 Å². The van der Waals surface area contributed by atoms with Crippen molar-refractivity contribution in [2.75, 3.05) is 24.6 Å². The summed E-state index contributed by atoms with van der Waals surface area (Å²) in [6.45, 7) is 8.82. The fourth-order valence-electron chi connectivity index (χ4n) is 7.07. The van der Waals surface area contributed by atoms with E-state index in [1.165, 1.54) is 9.80 Å². The second-order valence-corrected chi connectivity index (χ2v) is 13.7. The van der Waals surface area contributed by atoms with Crippen LogP contribution in [0.1, 0.15) is 37.9 Å². The lowest BCUT2D eigenvalue weighted by Crippen LogP contribution is -2.58. The van der Waals surface area contributed by atoms with E-state index in [2.05, 4.69) is 34.4 Å². The molecule has 3 heterocycles. The number of alkyl halides is 1. The molecule has 2 aromatic rings. The number of esters is 1. The Morgan fingerprint density at radius 3 is 2.55 bits per heavy atom. The fourth-order valence-corrected chi connectivity index (χ4v) is 8.26. The van der Waals surface area contributed by atoms with E-state index < -0.39 is 66.1 Å². The Balaban J connectivity index is 1.50. The van der Waals surface area contributed by atoms with E-state index in [0.29, 0.717) is 22.7 Å². The molecule has 3 saturated heterocycles. The fraction of sp³-hybridized carbons (Fsp3) is 0.429. The molecule has 3 fully saturated rings. The maximum Gasteiger partial charge on any atom is 0.313 e. The summed E-state index contributed by atoms with van der Waals surface area (Å²) in [6, 6.07) is 14.0. The molecule has 0 aromatic heterocycles. The van der Waals surface area contributed by atoms with Crippen molar-refractivity contribution in [1.82, 2.24) is 10.2 Å². The highest BCUT2D eigenvalue weighted by molar-refractivity contribution is 9.09. The number of nitrogens with zero attached hydrogens (tertiary/aromatic N) is 2. The number of allylic oxidation sites excluding steroid dienone is 1. The van der Waals surface area contributed by atoms with Crippen LogP contribution in [-0.2, 0) is 28.7 Å². The van der Waals surface area contributed by atoms with Crippen LogP contribution in [0.4, 0.5) is 5.69 Å². The standard InChI is InChI=1S/C35H39BrClN3O7/c1-4-6-16-27(42)38-19-26(22-12-8-7-9-13-22)46-34(45)28-29-32(43)40(21(3)20-41)31(35(29)18-23(36)30(28)47-35)33(44)39(17-5-2)25-15-11-10-14-24(25)37/h4-5,7-15,21,23,26,28-31,41H,1-2,6,16-20H2,3H3,(H,38,42)/t21-,23?,26+,28+,29-,30+,31+,35-/m1/s1. The van der Waals surface area contributed by atoms with E-state index in [1.807, 2.05) is 6.07 Å². The van der Waals surface area contributed by atoms with Crippen molar-refractivity contribution < 1.29 is 33.8 Å². The molecule has 0 aliphatic carbocycles. The van der Waals surface area contributed by atoms with E-state index in [9.17, 15) is 24.3 Å². The van der Waals surface area contributed by atoms with Gasteiger partial charge in [-0.15, -0.1) is 13.2 Å². The highest BCUT2D eigenvalue weighted by atomic mass is 79.9. The second-order valence-electron chi connectivity index (χ2n) is 12.1. The van der Waals surface area contributed by atoms with Crippen molar-refractivity contribution in [3.05, 3.63) is 90.5 Å². The minimum absolute atomic E-state index is 0.0224. The first-order chi connectivity index (χ1) is 22.6. The van der Waals surface area contributed by atoms with Crippen molar-refractivity contribution in [1.29, 1.82) is 0 Å². The Hall–Kier alpha value is -3.51. The van der Waals surface area contributed by atoms with Gasteiger partial charge in [0.15, 0.2) is 0 Å². The number of hydrogen-bond donors (Lipinski definition) is 2. The Bertz CT molecular complexity index is 1530. The zero-order chi connectivity index (χ0) is 33.9. The third kappa shape index (κ3) is 6.50. The molecule has 0 saturated carbocycles. The topological polar surface area (TPSA) is 125 Å². The van der Waals surface area contributed by atoms with E-state index in [-0.39, 0.29) is 36.7 Å². The van der Waals surface area contributed by atoms with E-state index in [4.69, 9.17) is 21.1 Å². The average molecular weight is 729 g/mol. The van der Waals surface area contributed by atoms with E-state index >= 15 is 0 Å². The van der Waals surface area contributed by atoms with Crippen molar-refractivity contribution in [3.63, 3.8) is 0 Å². The maximum atomic E-state index is 14.6. The molecule has 5 rings (SSSR count). The second kappa shape index (κ2) is 14.7. The number of para-hydroxylation sites is 1. The Morgan fingerprint density at radius 2 is 1.89 bits per heavy atom. The summed E-state index contributed by atoms with van der Waals surface area (Å²) < 4.78 is 12.7. The molecule has 3 aliphatic heterocycles. The first kappa shape index (κ1) is 34.8. The normalized spacial score (nSPS) is 27.1. The van der Waals surface area contributed by atoms with E-state index in [1.54, 1.807) is 67.6 Å². The Kier molecular flexibility index (Phi) is 10.9. The number of benzene rings is 2. The summed E-state index contributed by atoms with van der Waals surface area (Å²) in [7, 11) is 0. The number of ether oxygens (including phenoxy) is 2. The molecular formula is C35H39BrClN3O7. The van der Waals surface area contributed by atoms with Crippen LogP contribution in [0.25, 0.3) is 0 Å². The summed E-state index contributed by atoms with van der Waals surface area (Å²) in [5.74, 6) is -3.93. The van der Waals surface area contributed by atoms with Crippen LogP contribution >= 0.6 is 27.5 Å².